The molecule has 0 spiro atoms. The number of para-hydroxylation sites is 1. The summed E-state index contributed by atoms with van der Waals surface area (Å²) in [6, 6.07) is 9.29. The van der Waals surface area contributed by atoms with Gasteiger partial charge in [0.2, 0.25) is 0 Å². The number of benzene rings is 1. The van der Waals surface area contributed by atoms with E-state index in [-0.39, 0.29) is 5.78 Å². The highest BCUT2D eigenvalue weighted by Gasteiger charge is 2.15. The van der Waals surface area contributed by atoms with Crippen LogP contribution >= 0.6 is 0 Å². The van der Waals surface area contributed by atoms with Crippen molar-refractivity contribution in [3.63, 3.8) is 0 Å². The predicted molar refractivity (Wildman–Crippen MR) is 69.1 cm³/mol. The molecule has 1 aromatic heterocycles. The standard InChI is InChI=1S/C15H16O3/c1-3-14-12(8-9-18-14)13(16)10-11-6-4-5-7-15(11)17-2/h4-9H,3,10H2,1-2H3. The zero-order valence-electron chi connectivity index (χ0n) is 10.6. The number of furan rings is 1. The van der Waals surface area contributed by atoms with E-state index in [2.05, 4.69) is 0 Å². The topological polar surface area (TPSA) is 39.4 Å². The van der Waals surface area contributed by atoms with Gasteiger partial charge in [-0.15, -0.1) is 0 Å². The number of hydrogen-bond donors (Lipinski definition) is 0. The van der Waals surface area contributed by atoms with E-state index in [0.717, 1.165) is 23.5 Å². The minimum Gasteiger partial charge on any atom is -0.496 e. The second kappa shape index (κ2) is 5.54. The van der Waals surface area contributed by atoms with Gasteiger partial charge in [0.05, 0.1) is 18.9 Å². The molecule has 0 bridgehead atoms. The van der Waals surface area contributed by atoms with Crippen molar-refractivity contribution >= 4 is 5.78 Å². The highest BCUT2D eigenvalue weighted by atomic mass is 16.5. The number of Topliss-reactive ketones (excluding diaryl/α,β-unsaturated/α-hetero) is 1. The molecular formula is C15H16O3. The van der Waals surface area contributed by atoms with Crippen molar-refractivity contribution in [3.8, 4) is 5.75 Å². The third kappa shape index (κ3) is 2.45. The molecule has 1 aromatic carbocycles. The summed E-state index contributed by atoms with van der Waals surface area (Å²) in [4.78, 5) is 12.2. The number of hydrogen-bond acceptors (Lipinski definition) is 3. The van der Waals surface area contributed by atoms with E-state index in [9.17, 15) is 4.79 Å². The van der Waals surface area contributed by atoms with Gasteiger partial charge in [0.1, 0.15) is 11.5 Å². The molecule has 2 aromatic rings. The van der Waals surface area contributed by atoms with Crippen molar-refractivity contribution in [2.75, 3.05) is 7.11 Å². The maximum Gasteiger partial charge on any atom is 0.170 e. The summed E-state index contributed by atoms with van der Waals surface area (Å²) >= 11 is 0. The first-order chi connectivity index (χ1) is 8.76. The fourth-order valence-electron chi connectivity index (χ4n) is 1.98. The van der Waals surface area contributed by atoms with E-state index in [1.165, 1.54) is 0 Å². The van der Waals surface area contributed by atoms with E-state index >= 15 is 0 Å². The molecule has 3 nitrogen and oxygen atoms in total. The van der Waals surface area contributed by atoms with Gasteiger partial charge in [-0.05, 0) is 12.1 Å². The number of carbonyl (C=O) groups is 1. The molecule has 3 heteroatoms. The summed E-state index contributed by atoms with van der Waals surface area (Å²) < 4.78 is 10.5. The average molecular weight is 244 g/mol. The van der Waals surface area contributed by atoms with Crippen LogP contribution in [0.2, 0.25) is 0 Å². The smallest absolute Gasteiger partial charge is 0.170 e. The third-order valence-corrected chi connectivity index (χ3v) is 2.91. The van der Waals surface area contributed by atoms with E-state index in [1.807, 2.05) is 31.2 Å². The molecule has 0 saturated carbocycles. The van der Waals surface area contributed by atoms with Gasteiger partial charge in [0.15, 0.2) is 5.78 Å². The van der Waals surface area contributed by atoms with Crippen LogP contribution in [0, 0.1) is 0 Å². The zero-order valence-corrected chi connectivity index (χ0v) is 10.6. The third-order valence-electron chi connectivity index (χ3n) is 2.91. The van der Waals surface area contributed by atoms with Crippen LogP contribution < -0.4 is 4.74 Å². The van der Waals surface area contributed by atoms with Gasteiger partial charge in [0.25, 0.3) is 0 Å². The van der Waals surface area contributed by atoms with Crippen LogP contribution in [-0.4, -0.2) is 12.9 Å². The second-order valence-corrected chi connectivity index (χ2v) is 4.02. The lowest BCUT2D eigenvalue weighted by atomic mass is 10.0. The summed E-state index contributed by atoms with van der Waals surface area (Å²) in [5, 5.41) is 0. The Kier molecular flexibility index (Phi) is 3.82. The van der Waals surface area contributed by atoms with Crippen molar-refractivity contribution < 1.29 is 13.9 Å². The Balaban J connectivity index is 2.21. The highest BCUT2D eigenvalue weighted by Crippen LogP contribution is 2.21. The van der Waals surface area contributed by atoms with E-state index in [1.54, 1.807) is 19.4 Å². The summed E-state index contributed by atoms with van der Waals surface area (Å²) in [5.74, 6) is 1.55. The Labute approximate surface area is 106 Å². The quantitative estimate of drug-likeness (QED) is 0.758. The van der Waals surface area contributed by atoms with E-state index in [0.29, 0.717) is 12.0 Å². The largest absolute Gasteiger partial charge is 0.496 e. The number of carbonyl (C=O) groups excluding carboxylic acids is 1. The second-order valence-electron chi connectivity index (χ2n) is 4.02. The number of ether oxygens (including phenoxy) is 1. The van der Waals surface area contributed by atoms with Crippen LogP contribution in [0.4, 0.5) is 0 Å². The van der Waals surface area contributed by atoms with Crippen molar-refractivity contribution in [2.24, 2.45) is 0 Å². The molecule has 0 N–H and O–H groups in total. The molecule has 0 aliphatic heterocycles. The Bertz CT molecular complexity index is 540. The van der Waals surface area contributed by atoms with Crippen molar-refractivity contribution in [1.82, 2.24) is 0 Å². The minimum atomic E-state index is 0.0603. The molecule has 1 heterocycles. The molecule has 2 rings (SSSR count). The highest BCUT2D eigenvalue weighted by molar-refractivity contribution is 5.98. The zero-order chi connectivity index (χ0) is 13.0. The first-order valence-electron chi connectivity index (χ1n) is 5.97. The van der Waals surface area contributed by atoms with Crippen molar-refractivity contribution in [3.05, 3.63) is 53.5 Å². The lowest BCUT2D eigenvalue weighted by Gasteiger charge is -2.07. The van der Waals surface area contributed by atoms with Crippen LogP contribution in [-0.2, 0) is 12.8 Å². The Hall–Kier alpha value is -2.03. The molecule has 0 unspecified atom stereocenters. The van der Waals surface area contributed by atoms with E-state index in [4.69, 9.17) is 9.15 Å². The molecular weight excluding hydrogens is 228 g/mol. The fraction of sp³-hybridized carbons (Fsp3) is 0.267. The predicted octanol–water partition coefficient (Wildman–Crippen LogP) is 3.28. The van der Waals surface area contributed by atoms with Crippen LogP contribution in [0.15, 0.2) is 41.0 Å². The van der Waals surface area contributed by atoms with E-state index < -0.39 is 0 Å². The molecule has 0 fully saturated rings. The first kappa shape index (κ1) is 12.4. The fourth-order valence-corrected chi connectivity index (χ4v) is 1.98. The summed E-state index contributed by atoms with van der Waals surface area (Å²) in [6.45, 7) is 1.97. The molecule has 94 valence electrons. The molecule has 0 saturated heterocycles. The minimum absolute atomic E-state index is 0.0603. The van der Waals surface area contributed by atoms with Gasteiger partial charge in [-0.25, -0.2) is 0 Å². The molecule has 0 atom stereocenters. The van der Waals surface area contributed by atoms with Gasteiger partial charge >= 0.3 is 0 Å². The first-order valence-corrected chi connectivity index (χ1v) is 5.97. The van der Waals surface area contributed by atoms with Gasteiger partial charge in [-0.1, -0.05) is 25.1 Å². The summed E-state index contributed by atoms with van der Waals surface area (Å²) in [5.41, 5.74) is 1.57. The number of rotatable bonds is 5. The van der Waals surface area contributed by atoms with Crippen LogP contribution in [0.5, 0.6) is 5.75 Å². The lowest BCUT2D eigenvalue weighted by Crippen LogP contribution is -2.06. The van der Waals surface area contributed by atoms with Gasteiger partial charge in [-0.3, -0.25) is 4.79 Å². The van der Waals surface area contributed by atoms with Crippen LogP contribution in [0.1, 0.15) is 28.6 Å². The number of aryl methyl sites for hydroxylation is 1. The molecule has 0 aliphatic rings. The molecule has 0 aliphatic carbocycles. The normalized spacial score (nSPS) is 10.3. The van der Waals surface area contributed by atoms with Crippen molar-refractivity contribution in [1.29, 1.82) is 0 Å². The molecule has 0 radical (unpaired) electrons. The molecule has 18 heavy (non-hydrogen) atoms. The maximum atomic E-state index is 12.2. The van der Waals surface area contributed by atoms with Crippen LogP contribution in [0.25, 0.3) is 0 Å². The molecule has 0 amide bonds. The van der Waals surface area contributed by atoms with Crippen LogP contribution in [0.3, 0.4) is 0 Å². The Morgan fingerprint density at radius 1 is 1.28 bits per heavy atom. The summed E-state index contributed by atoms with van der Waals surface area (Å²) in [7, 11) is 1.61. The average Bonchev–Trinajstić information content (AvgIpc) is 2.87. The summed E-state index contributed by atoms with van der Waals surface area (Å²) in [6.07, 6.45) is 2.62. The SMILES string of the molecule is CCc1occc1C(=O)Cc1ccccc1OC. The van der Waals surface area contributed by atoms with Gasteiger partial charge < -0.3 is 9.15 Å². The van der Waals surface area contributed by atoms with Gasteiger partial charge in [-0.2, -0.15) is 0 Å². The Morgan fingerprint density at radius 3 is 2.78 bits per heavy atom. The maximum absolute atomic E-state index is 12.2. The monoisotopic (exact) mass is 244 g/mol. The van der Waals surface area contributed by atoms with Gasteiger partial charge in [0, 0.05) is 18.4 Å². The number of ketones is 1. The lowest BCUT2D eigenvalue weighted by molar-refractivity contribution is 0.0990. The number of methoxy groups -OCH3 is 1. The van der Waals surface area contributed by atoms with Crippen molar-refractivity contribution in [2.45, 2.75) is 19.8 Å². The Morgan fingerprint density at radius 2 is 2.06 bits per heavy atom.